The lowest BCUT2D eigenvalue weighted by Gasteiger charge is -2.09. The van der Waals surface area contributed by atoms with Crippen molar-refractivity contribution in [2.24, 2.45) is 0 Å². The molecule has 0 aliphatic carbocycles. The molecule has 0 saturated heterocycles. The SMILES string of the molecule is O=[N+]([O-])c1cc(Cl)cnc1NCCOCC(F)(F)F. The van der Waals surface area contributed by atoms with Gasteiger partial charge in [0.05, 0.1) is 16.6 Å². The van der Waals surface area contributed by atoms with Crippen molar-refractivity contribution in [3.05, 3.63) is 27.4 Å². The van der Waals surface area contributed by atoms with E-state index in [9.17, 15) is 23.3 Å². The molecule has 106 valence electrons. The summed E-state index contributed by atoms with van der Waals surface area (Å²) in [5, 5.41) is 13.3. The van der Waals surface area contributed by atoms with E-state index in [1.807, 2.05) is 0 Å². The molecule has 1 heterocycles. The van der Waals surface area contributed by atoms with Gasteiger partial charge >= 0.3 is 11.9 Å². The molecule has 1 aromatic heterocycles. The van der Waals surface area contributed by atoms with Crippen molar-refractivity contribution in [1.82, 2.24) is 4.98 Å². The zero-order valence-electron chi connectivity index (χ0n) is 9.41. The molecule has 6 nitrogen and oxygen atoms in total. The minimum Gasteiger partial charge on any atom is -0.370 e. The predicted octanol–water partition coefficient (Wildman–Crippen LogP) is 2.63. The fourth-order valence-corrected chi connectivity index (χ4v) is 1.29. The van der Waals surface area contributed by atoms with E-state index in [0.29, 0.717) is 0 Å². The lowest BCUT2D eigenvalue weighted by molar-refractivity contribution is -0.384. The number of aromatic nitrogens is 1. The molecule has 0 bridgehead atoms. The zero-order chi connectivity index (χ0) is 14.5. The van der Waals surface area contributed by atoms with Gasteiger partial charge in [0, 0.05) is 18.8 Å². The van der Waals surface area contributed by atoms with E-state index in [-0.39, 0.29) is 29.7 Å². The molecule has 0 saturated carbocycles. The molecule has 0 atom stereocenters. The van der Waals surface area contributed by atoms with Crippen molar-refractivity contribution in [2.75, 3.05) is 25.1 Å². The van der Waals surface area contributed by atoms with Crippen LogP contribution in [0, 0.1) is 10.1 Å². The predicted molar refractivity (Wildman–Crippen MR) is 61.3 cm³/mol. The smallest absolute Gasteiger partial charge is 0.370 e. The molecule has 0 aliphatic heterocycles. The van der Waals surface area contributed by atoms with Gasteiger partial charge in [-0.3, -0.25) is 10.1 Å². The Morgan fingerprint density at radius 3 is 2.79 bits per heavy atom. The zero-order valence-corrected chi connectivity index (χ0v) is 10.2. The van der Waals surface area contributed by atoms with Crippen molar-refractivity contribution < 1.29 is 22.8 Å². The molecule has 0 fully saturated rings. The Labute approximate surface area is 110 Å². The Kier molecular flexibility index (Phi) is 5.31. The summed E-state index contributed by atoms with van der Waals surface area (Å²) in [6.07, 6.45) is -3.21. The standard InChI is InChI=1S/C9H9ClF3N3O3/c10-6-3-7(16(17)18)8(15-4-6)14-1-2-19-5-9(11,12)13/h3-4H,1-2,5H2,(H,14,15). The van der Waals surface area contributed by atoms with E-state index >= 15 is 0 Å². The lowest BCUT2D eigenvalue weighted by Crippen LogP contribution is -2.20. The molecule has 0 amide bonds. The number of alkyl halides is 3. The van der Waals surface area contributed by atoms with Gasteiger partial charge in [-0.15, -0.1) is 0 Å². The van der Waals surface area contributed by atoms with E-state index in [4.69, 9.17) is 11.6 Å². The summed E-state index contributed by atoms with van der Waals surface area (Å²) in [5.74, 6) is -0.0787. The van der Waals surface area contributed by atoms with Crippen LogP contribution in [0.3, 0.4) is 0 Å². The number of pyridine rings is 1. The van der Waals surface area contributed by atoms with E-state index in [1.165, 1.54) is 6.20 Å². The van der Waals surface area contributed by atoms with Crippen LogP contribution in [0.25, 0.3) is 0 Å². The second-order valence-electron chi connectivity index (χ2n) is 3.37. The highest BCUT2D eigenvalue weighted by Gasteiger charge is 2.27. The summed E-state index contributed by atoms with van der Waals surface area (Å²) in [6.45, 7) is -1.68. The Hall–Kier alpha value is -1.61. The maximum absolute atomic E-state index is 11.8. The Morgan fingerprint density at radius 1 is 1.53 bits per heavy atom. The van der Waals surface area contributed by atoms with Gasteiger partial charge in [-0.1, -0.05) is 11.6 Å². The van der Waals surface area contributed by atoms with Crippen LogP contribution in [0.5, 0.6) is 0 Å². The third-order valence-electron chi connectivity index (χ3n) is 1.84. The van der Waals surface area contributed by atoms with Crippen LogP contribution in [0.1, 0.15) is 0 Å². The number of ether oxygens (including phenoxy) is 1. The first-order chi connectivity index (χ1) is 8.79. The molecule has 0 spiro atoms. The van der Waals surface area contributed by atoms with E-state index in [0.717, 1.165) is 6.07 Å². The first-order valence-electron chi connectivity index (χ1n) is 4.98. The van der Waals surface area contributed by atoms with Crippen LogP contribution in [0.2, 0.25) is 5.02 Å². The molecule has 0 radical (unpaired) electrons. The fraction of sp³-hybridized carbons (Fsp3) is 0.444. The summed E-state index contributed by atoms with van der Waals surface area (Å²) in [7, 11) is 0. The van der Waals surface area contributed by atoms with Crippen LogP contribution in [0.4, 0.5) is 24.7 Å². The van der Waals surface area contributed by atoms with Gasteiger partial charge in [-0.05, 0) is 0 Å². The van der Waals surface area contributed by atoms with Gasteiger partial charge in [0.15, 0.2) is 0 Å². The number of nitrogens with zero attached hydrogens (tertiary/aromatic N) is 2. The van der Waals surface area contributed by atoms with Gasteiger partial charge < -0.3 is 10.1 Å². The van der Waals surface area contributed by atoms with Gasteiger partial charge in [-0.2, -0.15) is 13.2 Å². The first kappa shape index (κ1) is 15.4. The molecule has 1 N–H and O–H groups in total. The van der Waals surface area contributed by atoms with Crippen molar-refractivity contribution in [3.8, 4) is 0 Å². The van der Waals surface area contributed by atoms with Crippen molar-refractivity contribution in [2.45, 2.75) is 6.18 Å². The maximum Gasteiger partial charge on any atom is 0.411 e. The Bertz CT molecular complexity index is 456. The number of hydrogen-bond donors (Lipinski definition) is 1. The second kappa shape index (κ2) is 6.53. The third-order valence-corrected chi connectivity index (χ3v) is 2.04. The maximum atomic E-state index is 11.8. The summed E-state index contributed by atoms with van der Waals surface area (Å²) in [6, 6.07) is 1.09. The minimum atomic E-state index is -4.40. The topological polar surface area (TPSA) is 77.3 Å². The first-order valence-corrected chi connectivity index (χ1v) is 5.35. The number of anilines is 1. The average molecular weight is 300 g/mol. The van der Waals surface area contributed by atoms with Crippen molar-refractivity contribution in [1.29, 1.82) is 0 Å². The molecule has 0 aromatic carbocycles. The van der Waals surface area contributed by atoms with Crippen molar-refractivity contribution in [3.63, 3.8) is 0 Å². The monoisotopic (exact) mass is 299 g/mol. The number of hydrogen-bond acceptors (Lipinski definition) is 5. The Balaban J connectivity index is 2.47. The number of nitro groups is 1. The largest absolute Gasteiger partial charge is 0.411 e. The van der Waals surface area contributed by atoms with Crippen LogP contribution in [-0.4, -0.2) is 35.8 Å². The summed E-state index contributed by atoms with van der Waals surface area (Å²) >= 11 is 5.55. The van der Waals surface area contributed by atoms with Gasteiger partial charge in [0.25, 0.3) is 0 Å². The summed E-state index contributed by atoms with van der Waals surface area (Å²) in [5.41, 5.74) is -0.358. The minimum absolute atomic E-state index is 0.0500. The van der Waals surface area contributed by atoms with Gasteiger partial charge in [0.1, 0.15) is 6.61 Å². The highest BCUT2D eigenvalue weighted by molar-refractivity contribution is 6.30. The summed E-state index contributed by atoms with van der Waals surface area (Å²) in [4.78, 5) is 13.7. The van der Waals surface area contributed by atoms with Crippen LogP contribution >= 0.6 is 11.6 Å². The quantitative estimate of drug-likeness (QED) is 0.496. The van der Waals surface area contributed by atoms with Crippen LogP contribution in [0.15, 0.2) is 12.3 Å². The molecule has 0 aliphatic rings. The molecule has 10 heteroatoms. The van der Waals surface area contributed by atoms with Crippen LogP contribution < -0.4 is 5.32 Å². The van der Waals surface area contributed by atoms with E-state index in [1.54, 1.807) is 0 Å². The molecular weight excluding hydrogens is 291 g/mol. The molecule has 1 rings (SSSR count). The average Bonchev–Trinajstić information content (AvgIpc) is 2.28. The van der Waals surface area contributed by atoms with Crippen molar-refractivity contribution >= 4 is 23.1 Å². The molecular formula is C9H9ClF3N3O3. The third kappa shape index (κ3) is 5.71. The fourth-order valence-electron chi connectivity index (χ4n) is 1.13. The number of nitrogens with one attached hydrogen (secondary N) is 1. The second-order valence-corrected chi connectivity index (χ2v) is 3.81. The van der Waals surface area contributed by atoms with E-state index < -0.39 is 17.7 Å². The highest BCUT2D eigenvalue weighted by atomic mass is 35.5. The molecule has 19 heavy (non-hydrogen) atoms. The Morgan fingerprint density at radius 2 is 2.21 bits per heavy atom. The lowest BCUT2D eigenvalue weighted by atomic mass is 10.4. The summed E-state index contributed by atoms with van der Waals surface area (Å²) < 4.78 is 39.6. The van der Waals surface area contributed by atoms with Crippen LogP contribution in [-0.2, 0) is 4.74 Å². The number of rotatable bonds is 6. The van der Waals surface area contributed by atoms with Gasteiger partial charge in [0.2, 0.25) is 5.82 Å². The molecule has 0 unspecified atom stereocenters. The van der Waals surface area contributed by atoms with Gasteiger partial charge in [-0.25, -0.2) is 4.98 Å². The number of halogens is 4. The molecule has 1 aromatic rings. The highest BCUT2D eigenvalue weighted by Crippen LogP contribution is 2.24. The normalized spacial score (nSPS) is 11.4. The van der Waals surface area contributed by atoms with E-state index in [2.05, 4.69) is 15.0 Å².